The predicted octanol–water partition coefficient (Wildman–Crippen LogP) is 3.16. The van der Waals surface area contributed by atoms with Crippen molar-refractivity contribution in [2.45, 2.75) is 39.7 Å². The monoisotopic (exact) mass is 249 g/mol. The number of carbonyl (C=O) groups is 1. The molecule has 1 aromatic rings. The topological polar surface area (TPSA) is 40.5 Å². The van der Waals surface area contributed by atoms with Crippen LogP contribution >= 0.6 is 0 Å². The first-order valence-electron chi connectivity index (χ1n) is 6.41. The highest BCUT2D eigenvalue weighted by molar-refractivity contribution is 5.66. The molecule has 18 heavy (non-hydrogen) atoms. The summed E-state index contributed by atoms with van der Waals surface area (Å²) in [5.41, 5.74) is 3.89. The van der Waals surface area contributed by atoms with Gasteiger partial charge >= 0.3 is 5.97 Å². The Balaban J connectivity index is 2.62. The third kappa shape index (κ3) is 4.15. The molecule has 1 atom stereocenters. The summed E-state index contributed by atoms with van der Waals surface area (Å²) < 4.78 is 0. The lowest BCUT2D eigenvalue weighted by Crippen LogP contribution is -2.24. The van der Waals surface area contributed by atoms with Crippen LogP contribution in [0.25, 0.3) is 0 Å². The molecule has 100 valence electrons. The molecule has 0 aromatic heterocycles. The molecule has 0 heterocycles. The van der Waals surface area contributed by atoms with Gasteiger partial charge in [0.1, 0.15) is 0 Å². The summed E-state index contributed by atoms with van der Waals surface area (Å²) in [5, 5.41) is 8.64. The van der Waals surface area contributed by atoms with Crippen molar-refractivity contribution in [2.24, 2.45) is 0 Å². The van der Waals surface area contributed by atoms with Crippen molar-refractivity contribution in [3.63, 3.8) is 0 Å². The molecular weight excluding hydrogens is 226 g/mol. The van der Waals surface area contributed by atoms with Crippen molar-refractivity contribution in [3.05, 3.63) is 34.9 Å². The lowest BCUT2D eigenvalue weighted by molar-refractivity contribution is -0.137. The highest BCUT2D eigenvalue weighted by Crippen LogP contribution is 2.23. The van der Waals surface area contributed by atoms with Gasteiger partial charge in [0.15, 0.2) is 0 Å². The van der Waals surface area contributed by atoms with Gasteiger partial charge in [-0.2, -0.15) is 0 Å². The van der Waals surface area contributed by atoms with E-state index in [9.17, 15) is 4.79 Å². The van der Waals surface area contributed by atoms with E-state index < -0.39 is 5.97 Å². The van der Waals surface area contributed by atoms with Crippen molar-refractivity contribution in [2.75, 3.05) is 13.6 Å². The molecule has 1 aromatic carbocycles. The summed E-state index contributed by atoms with van der Waals surface area (Å²) >= 11 is 0. The van der Waals surface area contributed by atoms with Gasteiger partial charge in [0.05, 0.1) is 0 Å². The second-order valence-corrected chi connectivity index (χ2v) is 5.01. The first kappa shape index (κ1) is 14.7. The molecule has 1 N–H and O–H groups in total. The van der Waals surface area contributed by atoms with E-state index >= 15 is 0 Å². The minimum absolute atomic E-state index is 0.240. The number of rotatable bonds is 6. The van der Waals surface area contributed by atoms with Crippen LogP contribution in [-0.2, 0) is 4.79 Å². The van der Waals surface area contributed by atoms with Gasteiger partial charge in [-0.1, -0.05) is 23.8 Å². The molecule has 0 spiro atoms. The Morgan fingerprint density at radius 3 is 2.61 bits per heavy atom. The van der Waals surface area contributed by atoms with E-state index in [0.29, 0.717) is 12.5 Å². The van der Waals surface area contributed by atoms with Gasteiger partial charge in [0.25, 0.3) is 0 Å². The van der Waals surface area contributed by atoms with E-state index in [2.05, 4.69) is 43.9 Å². The summed E-state index contributed by atoms with van der Waals surface area (Å²) in [4.78, 5) is 12.7. The van der Waals surface area contributed by atoms with Crippen molar-refractivity contribution >= 4 is 5.97 Å². The Morgan fingerprint density at radius 2 is 2.06 bits per heavy atom. The van der Waals surface area contributed by atoms with Crippen LogP contribution < -0.4 is 0 Å². The molecule has 3 heteroatoms. The second-order valence-electron chi connectivity index (χ2n) is 5.01. The Morgan fingerprint density at radius 1 is 1.39 bits per heavy atom. The van der Waals surface area contributed by atoms with Gasteiger partial charge in [-0.3, -0.25) is 9.69 Å². The maximum atomic E-state index is 10.5. The van der Waals surface area contributed by atoms with Gasteiger partial charge in [0, 0.05) is 12.5 Å². The minimum Gasteiger partial charge on any atom is -0.481 e. The standard InChI is InChI=1S/C15H23NO2/c1-11-7-8-14(12(2)10-11)13(3)16(4)9-5-6-15(17)18/h7-8,10,13H,5-6,9H2,1-4H3,(H,17,18). The van der Waals surface area contributed by atoms with Crippen molar-refractivity contribution in [3.8, 4) is 0 Å². The molecule has 0 saturated carbocycles. The number of benzene rings is 1. The van der Waals surface area contributed by atoms with Crippen molar-refractivity contribution < 1.29 is 9.90 Å². The number of carboxylic acid groups (broad SMARTS) is 1. The molecule has 0 fully saturated rings. The van der Waals surface area contributed by atoms with Crippen LogP contribution in [0.5, 0.6) is 0 Å². The highest BCUT2D eigenvalue weighted by Gasteiger charge is 2.13. The lowest BCUT2D eigenvalue weighted by atomic mass is 9.99. The van der Waals surface area contributed by atoms with Crippen LogP contribution in [0.15, 0.2) is 18.2 Å². The quantitative estimate of drug-likeness (QED) is 0.842. The third-order valence-corrected chi connectivity index (χ3v) is 3.44. The molecule has 1 unspecified atom stereocenters. The molecule has 0 saturated heterocycles. The Labute approximate surface area is 109 Å². The highest BCUT2D eigenvalue weighted by atomic mass is 16.4. The van der Waals surface area contributed by atoms with Crippen LogP contribution in [0.3, 0.4) is 0 Å². The van der Waals surface area contributed by atoms with E-state index in [4.69, 9.17) is 5.11 Å². The van der Waals surface area contributed by atoms with Crippen LogP contribution in [0.1, 0.15) is 42.5 Å². The molecular formula is C15H23NO2. The Kier molecular flexibility index (Phi) is 5.35. The van der Waals surface area contributed by atoms with Crippen LogP contribution in [0.4, 0.5) is 0 Å². The number of aryl methyl sites for hydroxylation is 2. The van der Waals surface area contributed by atoms with Gasteiger partial charge in [-0.15, -0.1) is 0 Å². The Bertz CT molecular complexity index is 415. The summed E-state index contributed by atoms with van der Waals surface area (Å²) in [6.07, 6.45) is 0.936. The molecule has 1 rings (SSSR count). The molecule has 0 aliphatic rings. The largest absolute Gasteiger partial charge is 0.481 e. The minimum atomic E-state index is -0.720. The summed E-state index contributed by atoms with van der Waals surface area (Å²) in [7, 11) is 2.05. The van der Waals surface area contributed by atoms with Crippen LogP contribution in [0.2, 0.25) is 0 Å². The smallest absolute Gasteiger partial charge is 0.303 e. The average Bonchev–Trinajstić information content (AvgIpc) is 2.27. The van der Waals surface area contributed by atoms with E-state index in [0.717, 1.165) is 6.54 Å². The summed E-state index contributed by atoms with van der Waals surface area (Å²) in [6, 6.07) is 6.81. The van der Waals surface area contributed by atoms with Gasteiger partial charge in [-0.05, 0) is 51.9 Å². The maximum Gasteiger partial charge on any atom is 0.303 e. The summed E-state index contributed by atoms with van der Waals surface area (Å²) in [6.45, 7) is 7.20. The van der Waals surface area contributed by atoms with E-state index in [-0.39, 0.29) is 6.42 Å². The third-order valence-electron chi connectivity index (χ3n) is 3.44. The second kappa shape index (κ2) is 6.55. The predicted molar refractivity (Wildman–Crippen MR) is 73.8 cm³/mol. The van der Waals surface area contributed by atoms with E-state index in [1.807, 2.05) is 7.05 Å². The number of nitrogens with zero attached hydrogens (tertiary/aromatic N) is 1. The molecule has 0 amide bonds. The first-order chi connectivity index (χ1) is 8.41. The zero-order valence-corrected chi connectivity index (χ0v) is 11.7. The zero-order valence-electron chi connectivity index (χ0n) is 11.7. The SMILES string of the molecule is Cc1ccc(C(C)N(C)CCCC(=O)O)c(C)c1. The number of carboxylic acids is 1. The Hall–Kier alpha value is -1.35. The molecule has 0 bridgehead atoms. The van der Waals surface area contributed by atoms with Gasteiger partial charge in [-0.25, -0.2) is 0 Å². The number of hydrogen-bond acceptors (Lipinski definition) is 2. The van der Waals surface area contributed by atoms with E-state index in [1.165, 1.54) is 16.7 Å². The first-order valence-corrected chi connectivity index (χ1v) is 6.41. The normalized spacial score (nSPS) is 12.7. The number of aliphatic carboxylic acids is 1. The van der Waals surface area contributed by atoms with Gasteiger partial charge < -0.3 is 5.11 Å². The average molecular weight is 249 g/mol. The molecule has 0 radical (unpaired) electrons. The molecule has 0 aliphatic heterocycles. The lowest BCUT2D eigenvalue weighted by Gasteiger charge is -2.26. The van der Waals surface area contributed by atoms with Crippen molar-refractivity contribution in [1.82, 2.24) is 4.90 Å². The number of hydrogen-bond donors (Lipinski definition) is 1. The fraction of sp³-hybridized carbons (Fsp3) is 0.533. The van der Waals surface area contributed by atoms with Crippen molar-refractivity contribution in [1.29, 1.82) is 0 Å². The molecule has 0 aliphatic carbocycles. The van der Waals surface area contributed by atoms with Gasteiger partial charge in [0.2, 0.25) is 0 Å². The maximum absolute atomic E-state index is 10.5. The fourth-order valence-electron chi connectivity index (χ4n) is 2.21. The summed E-state index contributed by atoms with van der Waals surface area (Å²) in [5.74, 6) is -0.720. The zero-order chi connectivity index (χ0) is 13.7. The molecule has 3 nitrogen and oxygen atoms in total. The fourth-order valence-corrected chi connectivity index (χ4v) is 2.21. The van der Waals surface area contributed by atoms with Crippen LogP contribution in [-0.4, -0.2) is 29.6 Å². The van der Waals surface area contributed by atoms with E-state index in [1.54, 1.807) is 0 Å². The van der Waals surface area contributed by atoms with Crippen LogP contribution in [0, 0.1) is 13.8 Å².